The lowest BCUT2D eigenvalue weighted by atomic mass is 10.0. The van der Waals surface area contributed by atoms with Crippen LogP contribution in [0.3, 0.4) is 0 Å². The van der Waals surface area contributed by atoms with Crippen LogP contribution in [-0.2, 0) is 4.79 Å². The average Bonchev–Trinajstić information content (AvgIpc) is 2.35. The summed E-state index contributed by atoms with van der Waals surface area (Å²) in [5, 5.41) is 31.8. The average molecular weight is 254 g/mol. The summed E-state index contributed by atoms with van der Waals surface area (Å²) in [6, 6.07) is 4.42. The molecule has 0 unspecified atom stereocenters. The number of nitrogens with one attached hydrogen (secondary N) is 1. The van der Waals surface area contributed by atoms with E-state index < -0.39 is 23.7 Å². The highest BCUT2D eigenvalue weighted by atomic mass is 16.6. The number of aliphatic hydroxyl groups is 2. The van der Waals surface area contributed by atoms with Crippen LogP contribution in [0.5, 0.6) is 0 Å². The SMILES string of the molecule is CC(=O)N[C@@H](CO)[C@H](O)c1ccc([N+](=O)[O-])cc1. The Morgan fingerprint density at radius 1 is 1.44 bits per heavy atom. The molecule has 0 fully saturated rings. The second-order valence-corrected chi connectivity index (χ2v) is 3.78. The molecule has 0 aromatic heterocycles. The number of carbonyl (C=O) groups excluding carboxylic acids is 1. The van der Waals surface area contributed by atoms with E-state index in [0.29, 0.717) is 5.56 Å². The number of nitro groups is 1. The van der Waals surface area contributed by atoms with Gasteiger partial charge in [0, 0.05) is 19.1 Å². The van der Waals surface area contributed by atoms with Crippen LogP contribution in [0.4, 0.5) is 5.69 Å². The van der Waals surface area contributed by atoms with Crippen LogP contribution in [0.15, 0.2) is 24.3 Å². The molecule has 1 aromatic rings. The number of rotatable bonds is 5. The third kappa shape index (κ3) is 3.51. The number of hydrogen-bond donors (Lipinski definition) is 3. The summed E-state index contributed by atoms with van der Waals surface area (Å²) in [7, 11) is 0. The van der Waals surface area contributed by atoms with Gasteiger partial charge in [-0.25, -0.2) is 0 Å². The van der Waals surface area contributed by atoms with Gasteiger partial charge in [-0.05, 0) is 17.7 Å². The fourth-order valence-corrected chi connectivity index (χ4v) is 1.51. The van der Waals surface area contributed by atoms with Crippen LogP contribution in [0.2, 0.25) is 0 Å². The van der Waals surface area contributed by atoms with Crippen molar-refractivity contribution in [2.24, 2.45) is 0 Å². The molecule has 7 heteroatoms. The van der Waals surface area contributed by atoms with Gasteiger partial charge < -0.3 is 15.5 Å². The third-order valence-corrected chi connectivity index (χ3v) is 2.41. The number of benzene rings is 1. The van der Waals surface area contributed by atoms with Crippen molar-refractivity contribution < 1.29 is 19.9 Å². The zero-order chi connectivity index (χ0) is 13.7. The van der Waals surface area contributed by atoms with E-state index in [0.717, 1.165) is 0 Å². The molecule has 0 heterocycles. The first-order valence-corrected chi connectivity index (χ1v) is 5.26. The van der Waals surface area contributed by atoms with E-state index in [2.05, 4.69) is 5.32 Å². The van der Waals surface area contributed by atoms with Gasteiger partial charge in [0.05, 0.1) is 17.6 Å². The van der Waals surface area contributed by atoms with Crippen molar-refractivity contribution in [1.29, 1.82) is 0 Å². The summed E-state index contributed by atoms with van der Waals surface area (Å²) < 4.78 is 0. The minimum atomic E-state index is -1.13. The summed E-state index contributed by atoms with van der Waals surface area (Å²) in [5.41, 5.74) is 0.291. The third-order valence-electron chi connectivity index (χ3n) is 2.41. The van der Waals surface area contributed by atoms with Crippen LogP contribution >= 0.6 is 0 Å². The summed E-state index contributed by atoms with van der Waals surface area (Å²) in [5.74, 6) is -0.380. The van der Waals surface area contributed by atoms with Crippen molar-refractivity contribution in [2.45, 2.75) is 19.1 Å². The Bertz CT molecular complexity index is 432. The van der Waals surface area contributed by atoms with Crippen molar-refractivity contribution in [3.8, 4) is 0 Å². The number of nitrogens with zero attached hydrogens (tertiary/aromatic N) is 1. The normalized spacial score (nSPS) is 13.7. The van der Waals surface area contributed by atoms with Gasteiger partial charge in [0.15, 0.2) is 0 Å². The second kappa shape index (κ2) is 6.08. The highest BCUT2D eigenvalue weighted by molar-refractivity contribution is 5.73. The van der Waals surface area contributed by atoms with E-state index in [1.54, 1.807) is 0 Å². The minimum absolute atomic E-state index is 0.0916. The summed E-state index contributed by atoms with van der Waals surface area (Å²) in [4.78, 5) is 20.8. The molecule has 0 saturated heterocycles. The lowest BCUT2D eigenvalue weighted by molar-refractivity contribution is -0.384. The first-order valence-electron chi connectivity index (χ1n) is 5.26. The van der Waals surface area contributed by atoms with E-state index in [9.17, 15) is 20.0 Å². The molecule has 0 aliphatic carbocycles. The van der Waals surface area contributed by atoms with Crippen molar-refractivity contribution in [1.82, 2.24) is 5.32 Å². The first-order chi connectivity index (χ1) is 8.45. The molecular formula is C11H14N2O5. The zero-order valence-electron chi connectivity index (χ0n) is 9.74. The molecule has 1 amide bonds. The predicted octanol–water partition coefficient (Wildman–Crippen LogP) is 0.125. The van der Waals surface area contributed by atoms with Gasteiger partial charge in [-0.1, -0.05) is 0 Å². The standard InChI is InChI=1S/C11H14N2O5/c1-7(15)12-10(6-14)11(16)8-2-4-9(5-3-8)13(17)18/h2-5,10-11,14,16H,6H2,1H3,(H,12,15)/t10-,11+/m0/s1. The number of nitro benzene ring substituents is 1. The lowest BCUT2D eigenvalue weighted by Gasteiger charge is -2.21. The van der Waals surface area contributed by atoms with E-state index in [4.69, 9.17) is 5.11 Å². The zero-order valence-corrected chi connectivity index (χ0v) is 9.74. The van der Waals surface area contributed by atoms with Crippen LogP contribution in [0.25, 0.3) is 0 Å². The summed E-state index contributed by atoms with van der Waals surface area (Å²) in [6.45, 7) is 0.836. The van der Waals surface area contributed by atoms with Gasteiger partial charge in [-0.15, -0.1) is 0 Å². The number of amides is 1. The van der Waals surface area contributed by atoms with E-state index in [-0.39, 0.29) is 11.6 Å². The topological polar surface area (TPSA) is 113 Å². The molecule has 3 N–H and O–H groups in total. The number of aliphatic hydroxyl groups excluding tert-OH is 2. The van der Waals surface area contributed by atoms with Crippen LogP contribution in [0, 0.1) is 10.1 Å². The van der Waals surface area contributed by atoms with Crippen LogP contribution in [-0.4, -0.2) is 33.7 Å². The molecule has 2 atom stereocenters. The Labute approximate surface area is 103 Å². The van der Waals surface area contributed by atoms with E-state index >= 15 is 0 Å². The molecule has 0 radical (unpaired) electrons. The van der Waals surface area contributed by atoms with Crippen molar-refractivity contribution in [3.63, 3.8) is 0 Å². The van der Waals surface area contributed by atoms with Gasteiger partial charge in [0.25, 0.3) is 5.69 Å². The van der Waals surface area contributed by atoms with Crippen molar-refractivity contribution >= 4 is 11.6 Å². The number of carbonyl (C=O) groups is 1. The monoisotopic (exact) mass is 254 g/mol. The first kappa shape index (κ1) is 14.1. The Balaban J connectivity index is 2.84. The minimum Gasteiger partial charge on any atom is -0.394 e. The molecule has 7 nitrogen and oxygen atoms in total. The summed E-state index contributed by atoms with van der Waals surface area (Å²) in [6.07, 6.45) is -1.13. The molecule has 1 rings (SSSR count). The maximum atomic E-state index is 10.9. The molecular weight excluding hydrogens is 240 g/mol. The Morgan fingerprint density at radius 2 is 2.00 bits per heavy atom. The Kier molecular flexibility index (Phi) is 4.75. The van der Waals surface area contributed by atoms with E-state index in [1.165, 1.54) is 31.2 Å². The molecule has 0 spiro atoms. The molecule has 0 saturated carbocycles. The molecule has 0 aliphatic rings. The smallest absolute Gasteiger partial charge is 0.269 e. The van der Waals surface area contributed by atoms with Gasteiger partial charge in [0.2, 0.25) is 5.91 Å². The predicted molar refractivity (Wildman–Crippen MR) is 62.7 cm³/mol. The quantitative estimate of drug-likeness (QED) is 0.510. The number of non-ortho nitro benzene ring substituents is 1. The fourth-order valence-electron chi connectivity index (χ4n) is 1.51. The molecule has 0 bridgehead atoms. The maximum Gasteiger partial charge on any atom is 0.269 e. The highest BCUT2D eigenvalue weighted by Crippen LogP contribution is 2.20. The molecule has 98 valence electrons. The van der Waals surface area contributed by atoms with Crippen molar-refractivity contribution in [3.05, 3.63) is 39.9 Å². The molecule has 1 aromatic carbocycles. The van der Waals surface area contributed by atoms with Gasteiger partial charge in [-0.2, -0.15) is 0 Å². The van der Waals surface area contributed by atoms with Gasteiger partial charge in [-0.3, -0.25) is 14.9 Å². The highest BCUT2D eigenvalue weighted by Gasteiger charge is 2.21. The maximum absolute atomic E-state index is 10.9. The van der Waals surface area contributed by atoms with Gasteiger partial charge >= 0.3 is 0 Å². The largest absolute Gasteiger partial charge is 0.394 e. The molecule has 0 aliphatic heterocycles. The fraction of sp³-hybridized carbons (Fsp3) is 0.364. The molecule has 18 heavy (non-hydrogen) atoms. The number of hydrogen-bond acceptors (Lipinski definition) is 5. The second-order valence-electron chi connectivity index (χ2n) is 3.78. The Morgan fingerprint density at radius 3 is 2.39 bits per heavy atom. The van der Waals surface area contributed by atoms with Crippen LogP contribution in [0.1, 0.15) is 18.6 Å². The summed E-state index contributed by atoms with van der Waals surface area (Å²) >= 11 is 0. The Hall–Kier alpha value is -1.99. The lowest BCUT2D eigenvalue weighted by Crippen LogP contribution is -2.40. The van der Waals surface area contributed by atoms with Crippen LogP contribution < -0.4 is 5.32 Å². The van der Waals surface area contributed by atoms with Crippen molar-refractivity contribution in [2.75, 3.05) is 6.61 Å². The van der Waals surface area contributed by atoms with Gasteiger partial charge in [0.1, 0.15) is 6.10 Å². The van der Waals surface area contributed by atoms with E-state index in [1.807, 2.05) is 0 Å².